The molecule has 1 aliphatic rings. The number of halogens is 1. The second kappa shape index (κ2) is 6.22. The van der Waals surface area contributed by atoms with Crippen LogP contribution in [0.15, 0.2) is 54.9 Å². The van der Waals surface area contributed by atoms with Gasteiger partial charge in [0.1, 0.15) is 0 Å². The average molecular weight is 327 g/mol. The molecule has 0 N–H and O–H groups in total. The van der Waals surface area contributed by atoms with E-state index in [2.05, 4.69) is 43.6 Å². The summed E-state index contributed by atoms with van der Waals surface area (Å²) in [5.74, 6) is 0. The Labute approximate surface area is 140 Å². The summed E-state index contributed by atoms with van der Waals surface area (Å²) in [6.07, 6.45) is 1.94. The largest absolute Gasteiger partial charge is 0.369 e. The maximum Gasteiger partial charge on any atom is 0.0969 e. The number of hydrogen-bond donors (Lipinski definition) is 0. The predicted molar refractivity (Wildman–Crippen MR) is 95.0 cm³/mol. The molecule has 4 nitrogen and oxygen atoms in total. The molecule has 0 amide bonds. The zero-order valence-electron chi connectivity index (χ0n) is 12.9. The molecule has 2 aromatic carbocycles. The molecule has 0 aliphatic carbocycles. The molecular formula is C18H19ClN4. The van der Waals surface area contributed by atoms with Gasteiger partial charge in [0.25, 0.3) is 0 Å². The first kappa shape index (κ1) is 14.5. The Morgan fingerprint density at radius 3 is 2.61 bits per heavy atom. The van der Waals surface area contributed by atoms with Gasteiger partial charge in [-0.15, -0.1) is 0 Å². The van der Waals surface area contributed by atoms with E-state index in [0.717, 1.165) is 43.4 Å². The first-order valence-electron chi connectivity index (χ1n) is 7.92. The van der Waals surface area contributed by atoms with Gasteiger partial charge in [-0.2, -0.15) is 0 Å². The van der Waals surface area contributed by atoms with Gasteiger partial charge in [0, 0.05) is 36.9 Å². The third kappa shape index (κ3) is 3.05. The van der Waals surface area contributed by atoms with E-state index >= 15 is 0 Å². The van der Waals surface area contributed by atoms with Crippen LogP contribution in [0.2, 0.25) is 5.02 Å². The number of anilines is 1. The van der Waals surface area contributed by atoms with Crippen molar-refractivity contribution >= 4 is 28.3 Å². The first-order chi connectivity index (χ1) is 11.3. The Hall–Kier alpha value is -2.04. The van der Waals surface area contributed by atoms with E-state index in [1.807, 2.05) is 30.6 Å². The lowest BCUT2D eigenvalue weighted by atomic mass is 10.2. The highest BCUT2D eigenvalue weighted by molar-refractivity contribution is 6.30. The molecular weight excluding hydrogens is 308 g/mol. The zero-order chi connectivity index (χ0) is 15.6. The smallest absolute Gasteiger partial charge is 0.0969 e. The molecule has 1 aliphatic heterocycles. The molecule has 0 saturated carbocycles. The van der Waals surface area contributed by atoms with Crippen LogP contribution in [0.25, 0.3) is 11.0 Å². The predicted octanol–water partition coefficient (Wildman–Crippen LogP) is 3.47. The van der Waals surface area contributed by atoms with Gasteiger partial charge in [-0.1, -0.05) is 29.8 Å². The van der Waals surface area contributed by atoms with Crippen LogP contribution in [-0.4, -0.2) is 40.6 Å². The Morgan fingerprint density at radius 1 is 0.957 bits per heavy atom. The summed E-state index contributed by atoms with van der Waals surface area (Å²) in [6, 6.07) is 16.4. The molecule has 0 bridgehead atoms. The Kier molecular flexibility index (Phi) is 3.93. The van der Waals surface area contributed by atoms with Crippen LogP contribution in [0.4, 0.5) is 5.69 Å². The third-order valence-electron chi connectivity index (χ3n) is 4.43. The molecule has 2 heterocycles. The minimum atomic E-state index is 0.801. The van der Waals surface area contributed by atoms with Gasteiger partial charge in [0.05, 0.1) is 24.0 Å². The van der Waals surface area contributed by atoms with E-state index in [0.29, 0.717) is 0 Å². The quantitative estimate of drug-likeness (QED) is 0.736. The normalized spacial score (nSPS) is 16.1. The van der Waals surface area contributed by atoms with Crippen LogP contribution in [0, 0.1) is 0 Å². The minimum absolute atomic E-state index is 0.801. The van der Waals surface area contributed by atoms with Gasteiger partial charge in [-0.05, 0) is 30.3 Å². The molecule has 1 fully saturated rings. The number of fused-ring (bicyclic) bond motifs is 1. The average Bonchev–Trinajstić information content (AvgIpc) is 2.99. The number of aromatic nitrogens is 2. The Morgan fingerprint density at radius 2 is 1.78 bits per heavy atom. The number of rotatable bonds is 3. The third-order valence-corrected chi connectivity index (χ3v) is 4.66. The zero-order valence-corrected chi connectivity index (χ0v) is 13.7. The van der Waals surface area contributed by atoms with Crippen molar-refractivity contribution < 1.29 is 0 Å². The van der Waals surface area contributed by atoms with Crippen LogP contribution in [0.1, 0.15) is 0 Å². The fraction of sp³-hybridized carbons (Fsp3) is 0.278. The molecule has 23 heavy (non-hydrogen) atoms. The first-order valence-corrected chi connectivity index (χ1v) is 8.30. The Balaban J connectivity index is 1.42. The van der Waals surface area contributed by atoms with Crippen molar-refractivity contribution in [3.8, 4) is 0 Å². The molecule has 0 atom stereocenters. The van der Waals surface area contributed by atoms with Gasteiger partial charge in [-0.3, -0.25) is 4.90 Å². The second-order valence-corrected chi connectivity index (χ2v) is 6.37. The van der Waals surface area contributed by atoms with Crippen molar-refractivity contribution in [2.24, 2.45) is 0 Å². The number of nitrogens with zero attached hydrogens (tertiary/aromatic N) is 4. The van der Waals surface area contributed by atoms with Crippen molar-refractivity contribution in [2.75, 3.05) is 31.1 Å². The van der Waals surface area contributed by atoms with Gasteiger partial charge in [-0.25, -0.2) is 4.98 Å². The molecule has 0 radical (unpaired) electrons. The fourth-order valence-electron chi connectivity index (χ4n) is 3.16. The molecule has 5 heteroatoms. The van der Waals surface area contributed by atoms with Crippen LogP contribution in [0.3, 0.4) is 0 Å². The van der Waals surface area contributed by atoms with E-state index in [1.54, 1.807) is 0 Å². The van der Waals surface area contributed by atoms with Crippen molar-refractivity contribution in [3.05, 3.63) is 59.9 Å². The molecule has 1 saturated heterocycles. The SMILES string of the molecule is Clc1cccc(N2CCN(Cn3cnc4ccccc43)CC2)c1. The van der Waals surface area contributed by atoms with Gasteiger partial charge >= 0.3 is 0 Å². The molecule has 4 rings (SSSR count). The highest BCUT2D eigenvalue weighted by atomic mass is 35.5. The van der Waals surface area contributed by atoms with Crippen LogP contribution in [-0.2, 0) is 6.67 Å². The van der Waals surface area contributed by atoms with E-state index in [9.17, 15) is 0 Å². The van der Waals surface area contributed by atoms with Crippen LogP contribution < -0.4 is 4.90 Å². The summed E-state index contributed by atoms with van der Waals surface area (Å²) in [4.78, 5) is 9.33. The number of para-hydroxylation sites is 2. The summed E-state index contributed by atoms with van der Waals surface area (Å²) in [5, 5.41) is 0.801. The maximum atomic E-state index is 6.10. The summed E-state index contributed by atoms with van der Waals surface area (Å²) in [5.41, 5.74) is 3.47. The summed E-state index contributed by atoms with van der Waals surface area (Å²) < 4.78 is 2.23. The Bertz CT molecular complexity index is 805. The summed E-state index contributed by atoms with van der Waals surface area (Å²) in [7, 11) is 0. The lowest BCUT2D eigenvalue weighted by Crippen LogP contribution is -2.46. The maximum absolute atomic E-state index is 6.10. The fourth-order valence-corrected chi connectivity index (χ4v) is 3.34. The van der Waals surface area contributed by atoms with Crippen molar-refractivity contribution in [2.45, 2.75) is 6.67 Å². The molecule has 3 aromatic rings. The van der Waals surface area contributed by atoms with Crippen LogP contribution in [0.5, 0.6) is 0 Å². The van der Waals surface area contributed by atoms with Gasteiger partial charge < -0.3 is 9.47 Å². The van der Waals surface area contributed by atoms with Gasteiger partial charge in [0.2, 0.25) is 0 Å². The second-order valence-electron chi connectivity index (χ2n) is 5.93. The van der Waals surface area contributed by atoms with E-state index < -0.39 is 0 Å². The minimum Gasteiger partial charge on any atom is -0.369 e. The summed E-state index contributed by atoms with van der Waals surface area (Å²) in [6.45, 7) is 5.02. The monoisotopic (exact) mass is 326 g/mol. The molecule has 1 aromatic heterocycles. The molecule has 0 unspecified atom stereocenters. The number of benzene rings is 2. The van der Waals surface area contributed by atoms with Gasteiger partial charge in [0.15, 0.2) is 0 Å². The van der Waals surface area contributed by atoms with E-state index in [1.165, 1.54) is 11.2 Å². The number of piperazine rings is 1. The highest BCUT2D eigenvalue weighted by Crippen LogP contribution is 2.21. The van der Waals surface area contributed by atoms with E-state index in [4.69, 9.17) is 11.6 Å². The lowest BCUT2D eigenvalue weighted by molar-refractivity contribution is 0.209. The lowest BCUT2D eigenvalue weighted by Gasteiger charge is -2.36. The van der Waals surface area contributed by atoms with Crippen molar-refractivity contribution in [1.29, 1.82) is 0 Å². The standard InChI is InChI=1S/C18H19ClN4/c19-15-4-3-5-16(12-15)22-10-8-21(9-11-22)14-23-13-20-17-6-1-2-7-18(17)23/h1-7,12-13H,8-11,14H2. The molecule has 0 spiro atoms. The van der Waals surface area contributed by atoms with Crippen molar-refractivity contribution in [3.63, 3.8) is 0 Å². The number of imidazole rings is 1. The highest BCUT2D eigenvalue weighted by Gasteiger charge is 2.18. The number of hydrogen-bond acceptors (Lipinski definition) is 3. The molecule has 118 valence electrons. The van der Waals surface area contributed by atoms with Crippen LogP contribution >= 0.6 is 11.6 Å². The van der Waals surface area contributed by atoms with Crippen molar-refractivity contribution in [1.82, 2.24) is 14.5 Å². The van der Waals surface area contributed by atoms with E-state index in [-0.39, 0.29) is 0 Å². The summed E-state index contributed by atoms with van der Waals surface area (Å²) >= 11 is 6.10. The topological polar surface area (TPSA) is 24.3 Å².